The molecular formula is C12H10N4O3S. The highest BCUT2D eigenvalue weighted by atomic mass is 32.1. The lowest BCUT2D eigenvalue weighted by Crippen LogP contribution is -2.17. The highest BCUT2D eigenvalue weighted by molar-refractivity contribution is 7.16. The number of aromatic nitrogens is 1. The van der Waals surface area contributed by atoms with Crippen LogP contribution in [0.15, 0.2) is 35.6 Å². The highest BCUT2D eigenvalue weighted by Crippen LogP contribution is 2.22. The lowest BCUT2D eigenvalue weighted by molar-refractivity contribution is -0.380. The number of hydrazone groups is 1. The number of amides is 1. The van der Waals surface area contributed by atoms with Gasteiger partial charge in [-0.05, 0) is 25.1 Å². The largest absolute Gasteiger partial charge is 0.324 e. The molecule has 0 aliphatic carbocycles. The molecule has 0 atom stereocenters. The van der Waals surface area contributed by atoms with Crippen LogP contribution in [0.2, 0.25) is 0 Å². The van der Waals surface area contributed by atoms with Gasteiger partial charge in [0.25, 0.3) is 5.91 Å². The summed E-state index contributed by atoms with van der Waals surface area (Å²) in [4.78, 5) is 26.3. The maximum absolute atomic E-state index is 11.7. The predicted octanol–water partition coefficient (Wildman–Crippen LogP) is 2.12. The summed E-state index contributed by atoms with van der Waals surface area (Å²) in [6.45, 7) is 1.82. The Hall–Kier alpha value is -2.61. The fourth-order valence-corrected chi connectivity index (χ4v) is 2.02. The van der Waals surface area contributed by atoms with E-state index in [4.69, 9.17) is 0 Å². The molecule has 7 nitrogen and oxygen atoms in total. The first-order valence-corrected chi connectivity index (χ1v) is 6.38. The van der Waals surface area contributed by atoms with E-state index in [1.54, 1.807) is 18.2 Å². The number of carbonyl (C=O) groups is 1. The Morgan fingerprint density at radius 3 is 2.85 bits per heavy atom. The van der Waals surface area contributed by atoms with Crippen molar-refractivity contribution in [2.24, 2.45) is 5.10 Å². The van der Waals surface area contributed by atoms with Gasteiger partial charge in [0.2, 0.25) is 0 Å². The van der Waals surface area contributed by atoms with Crippen molar-refractivity contribution in [1.29, 1.82) is 0 Å². The van der Waals surface area contributed by atoms with Crippen molar-refractivity contribution in [1.82, 2.24) is 10.4 Å². The number of pyridine rings is 1. The van der Waals surface area contributed by atoms with Crippen LogP contribution in [0.3, 0.4) is 0 Å². The Kier molecular flexibility index (Phi) is 4.16. The first-order chi connectivity index (χ1) is 9.56. The second-order valence-electron chi connectivity index (χ2n) is 3.82. The van der Waals surface area contributed by atoms with Crippen LogP contribution in [0.1, 0.15) is 20.9 Å². The molecule has 0 aliphatic rings. The number of hydrogen-bond donors (Lipinski definition) is 1. The number of nitro groups is 1. The van der Waals surface area contributed by atoms with Crippen LogP contribution in [0.5, 0.6) is 0 Å². The molecule has 8 heteroatoms. The molecule has 2 rings (SSSR count). The molecule has 0 aliphatic heterocycles. The van der Waals surface area contributed by atoms with Gasteiger partial charge in [-0.15, -0.1) is 0 Å². The van der Waals surface area contributed by atoms with E-state index in [9.17, 15) is 14.9 Å². The summed E-state index contributed by atoms with van der Waals surface area (Å²) in [7, 11) is 0. The molecule has 0 spiro atoms. The summed E-state index contributed by atoms with van der Waals surface area (Å²) < 4.78 is 0. The maximum Gasteiger partial charge on any atom is 0.324 e. The topological polar surface area (TPSA) is 97.5 Å². The zero-order valence-electron chi connectivity index (χ0n) is 10.4. The Balaban J connectivity index is 1.97. The van der Waals surface area contributed by atoms with Crippen molar-refractivity contribution < 1.29 is 9.72 Å². The minimum Gasteiger partial charge on any atom is -0.267 e. The molecule has 2 heterocycles. The van der Waals surface area contributed by atoms with Gasteiger partial charge in [-0.1, -0.05) is 11.3 Å². The van der Waals surface area contributed by atoms with Gasteiger partial charge in [0.1, 0.15) is 0 Å². The van der Waals surface area contributed by atoms with Crippen LogP contribution in [0, 0.1) is 17.0 Å². The van der Waals surface area contributed by atoms with E-state index in [1.807, 2.05) is 6.92 Å². The first kappa shape index (κ1) is 13.8. The minimum absolute atomic E-state index is 0.0283. The Morgan fingerprint density at radius 1 is 1.45 bits per heavy atom. The molecule has 0 saturated heterocycles. The highest BCUT2D eigenvalue weighted by Gasteiger charge is 2.08. The molecule has 1 amide bonds. The summed E-state index contributed by atoms with van der Waals surface area (Å²) in [5.41, 5.74) is 3.54. The Labute approximate surface area is 118 Å². The van der Waals surface area contributed by atoms with Crippen molar-refractivity contribution in [2.45, 2.75) is 6.92 Å². The van der Waals surface area contributed by atoms with E-state index < -0.39 is 4.92 Å². The summed E-state index contributed by atoms with van der Waals surface area (Å²) in [6.07, 6.45) is 2.81. The normalized spacial score (nSPS) is 10.7. The van der Waals surface area contributed by atoms with Gasteiger partial charge < -0.3 is 0 Å². The van der Waals surface area contributed by atoms with Gasteiger partial charge in [-0.25, -0.2) is 5.43 Å². The predicted molar refractivity (Wildman–Crippen MR) is 75.0 cm³/mol. The van der Waals surface area contributed by atoms with Crippen molar-refractivity contribution in [3.63, 3.8) is 0 Å². The number of aryl methyl sites for hydroxylation is 1. The third-order valence-electron chi connectivity index (χ3n) is 2.32. The van der Waals surface area contributed by atoms with Gasteiger partial charge >= 0.3 is 5.00 Å². The van der Waals surface area contributed by atoms with Crippen LogP contribution in [-0.2, 0) is 0 Å². The molecule has 20 heavy (non-hydrogen) atoms. The molecule has 0 bridgehead atoms. The standard InChI is InChI=1S/C12H10N4O3S/c1-8-2-3-9(6-13-8)12(17)15-14-7-10-4-5-11(20-10)16(18)19/h2-7H,1H3,(H,15,17)/b14-7+. The van der Waals surface area contributed by atoms with Crippen LogP contribution in [0.4, 0.5) is 5.00 Å². The average Bonchev–Trinajstić information content (AvgIpc) is 2.88. The molecule has 0 aromatic carbocycles. The second-order valence-corrected chi connectivity index (χ2v) is 4.91. The van der Waals surface area contributed by atoms with Crippen LogP contribution in [0.25, 0.3) is 0 Å². The maximum atomic E-state index is 11.7. The molecule has 0 radical (unpaired) electrons. The van der Waals surface area contributed by atoms with Crippen molar-refractivity contribution in [3.8, 4) is 0 Å². The molecular weight excluding hydrogens is 280 g/mol. The van der Waals surface area contributed by atoms with E-state index in [2.05, 4.69) is 15.5 Å². The summed E-state index contributed by atoms with van der Waals surface area (Å²) >= 11 is 0.978. The SMILES string of the molecule is Cc1ccc(C(=O)N/N=C/c2ccc([N+](=O)[O-])s2)cn1. The second kappa shape index (κ2) is 6.02. The van der Waals surface area contributed by atoms with Gasteiger partial charge in [0.05, 0.1) is 21.6 Å². The lowest BCUT2D eigenvalue weighted by atomic mass is 10.2. The van der Waals surface area contributed by atoms with Crippen molar-refractivity contribution in [2.75, 3.05) is 0 Å². The third-order valence-corrected chi connectivity index (χ3v) is 3.30. The number of hydrogen-bond acceptors (Lipinski definition) is 6. The number of rotatable bonds is 4. The first-order valence-electron chi connectivity index (χ1n) is 5.56. The fourth-order valence-electron chi connectivity index (χ4n) is 1.33. The average molecular weight is 290 g/mol. The summed E-state index contributed by atoms with van der Waals surface area (Å²) in [6, 6.07) is 6.31. The van der Waals surface area contributed by atoms with Gasteiger partial charge in [0.15, 0.2) is 0 Å². The van der Waals surface area contributed by atoms with Crippen LogP contribution < -0.4 is 5.43 Å². The zero-order chi connectivity index (χ0) is 14.5. The van der Waals surface area contributed by atoms with E-state index in [-0.39, 0.29) is 10.9 Å². The number of thiophene rings is 1. The van der Waals surface area contributed by atoms with Gasteiger partial charge in [-0.2, -0.15) is 5.10 Å². The van der Waals surface area contributed by atoms with Gasteiger partial charge in [0, 0.05) is 18.0 Å². The van der Waals surface area contributed by atoms with Crippen molar-refractivity contribution >= 4 is 28.5 Å². The van der Waals surface area contributed by atoms with Crippen LogP contribution in [-0.4, -0.2) is 22.0 Å². The third kappa shape index (κ3) is 3.45. The molecule has 0 saturated carbocycles. The van der Waals surface area contributed by atoms with E-state index >= 15 is 0 Å². The number of nitrogens with one attached hydrogen (secondary N) is 1. The molecule has 0 fully saturated rings. The quantitative estimate of drug-likeness (QED) is 0.529. The molecule has 2 aromatic rings. The number of carbonyl (C=O) groups excluding carboxylic acids is 1. The van der Waals surface area contributed by atoms with E-state index in [0.29, 0.717) is 10.4 Å². The van der Waals surface area contributed by atoms with Crippen LogP contribution >= 0.6 is 11.3 Å². The zero-order valence-corrected chi connectivity index (χ0v) is 11.3. The smallest absolute Gasteiger partial charge is 0.267 e. The van der Waals surface area contributed by atoms with E-state index in [1.165, 1.54) is 18.5 Å². The minimum atomic E-state index is -0.474. The fraction of sp³-hybridized carbons (Fsp3) is 0.0833. The Morgan fingerprint density at radius 2 is 2.25 bits per heavy atom. The summed E-state index contributed by atoms with van der Waals surface area (Å²) in [5, 5.41) is 14.3. The van der Waals surface area contributed by atoms with Gasteiger partial charge in [-0.3, -0.25) is 19.9 Å². The monoisotopic (exact) mass is 290 g/mol. The molecule has 1 N–H and O–H groups in total. The summed E-state index contributed by atoms with van der Waals surface area (Å²) in [5.74, 6) is -0.389. The Bertz CT molecular complexity index is 664. The molecule has 102 valence electrons. The van der Waals surface area contributed by atoms with E-state index in [0.717, 1.165) is 17.0 Å². The molecule has 2 aromatic heterocycles. The number of nitrogens with zero attached hydrogens (tertiary/aromatic N) is 3. The molecule has 0 unspecified atom stereocenters. The van der Waals surface area contributed by atoms with Crippen molar-refractivity contribution in [3.05, 3.63) is 56.7 Å². The lowest BCUT2D eigenvalue weighted by Gasteiger charge is -1.98.